The molecule has 0 bridgehead atoms. The van der Waals surface area contributed by atoms with E-state index in [0.29, 0.717) is 32.1 Å². The molecule has 0 rings (SSSR count). The van der Waals surface area contributed by atoms with E-state index in [-0.39, 0.29) is 122 Å². The molecule has 0 fully saturated rings. The second-order valence-electron chi connectivity index (χ2n) is 31.3. The number of hydrogen-bond donors (Lipinski definition) is 4. The molecule has 0 saturated heterocycles. The first-order valence-corrected chi connectivity index (χ1v) is 51.5. The Balaban J connectivity index is -0.000000284. The Kier molecular flexibility index (Phi) is 102. The van der Waals surface area contributed by atoms with E-state index >= 15 is 0 Å². The van der Waals surface area contributed by atoms with Gasteiger partial charge in [0.1, 0.15) is 0 Å². The minimum absolute atomic E-state index is 0. The topological polar surface area (TPSA) is 469 Å². The second-order valence-corrected chi connectivity index (χ2v) is 37.7. The summed E-state index contributed by atoms with van der Waals surface area (Å²) in [6.07, 6.45) is 66.3. The van der Waals surface area contributed by atoms with Crippen LogP contribution in [0.15, 0.2) is 0 Å². The molecule has 0 aromatic rings. The molecule has 0 heterocycles. The number of carboxylic acids is 3. The zero-order valence-electron chi connectivity index (χ0n) is 76.3. The van der Waals surface area contributed by atoms with Crippen LogP contribution >= 0.6 is 0 Å². The average Bonchev–Trinajstić information content (AvgIpc) is 0.878. The monoisotopic (exact) mass is 1840 g/mol. The fourth-order valence-corrected chi connectivity index (χ4v) is 15.5. The van der Waals surface area contributed by atoms with Crippen LogP contribution in [0.4, 0.5) is 0 Å². The number of rotatable bonds is 81. The molecule has 0 saturated carbocycles. The second kappa shape index (κ2) is 93.1. The molecule has 0 amide bonds. The van der Waals surface area contributed by atoms with Gasteiger partial charge >= 0.3 is 119 Å². The molecule has 121 heavy (non-hydrogen) atoms. The Morgan fingerprint density at radius 2 is 0.322 bits per heavy atom. The van der Waals surface area contributed by atoms with Crippen LogP contribution in [0, 0.1) is 0 Å². The Hall–Kier alpha value is -1.60. The van der Waals surface area contributed by atoms with E-state index in [1.54, 1.807) is 0 Å². The van der Waals surface area contributed by atoms with Crippen molar-refractivity contribution < 1.29 is 218 Å². The third-order valence-corrected chi connectivity index (χ3v) is 24.4. The third kappa shape index (κ3) is 95.8. The number of unbranched alkanes of at least 4 members (excludes halogenated alkanes) is 55. The van der Waals surface area contributed by atoms with Crippen LogP contribution in [-0.2, 0) is 103 Å². The summed E-state index contributed by atoms with van der Waals surface area (Å²) >= 11 is 0. The first kappa shape index (κ1) is 132. The van der Waals surface area contributed by atoms with Gasteiger partial charge in [0.2, 0.25) is 0 Å². The molecule has 4 unspecified atom stereocenters. The molecule has 0 radical (unpaired) electrons. The molecule has 0 aliphatic heterocycles. The number of carbonyl (C=O) groups excluding carboxylic acids is 8. The summed E-state index contributed by atoms with van der Waals surface area (Å²) in [4.78, 5) is 90.2. The van der Waals surface area contributed by atoms with E-state index in [0.717, 1.165) is 116 Å². The number of carbonyl (C=O) groups is 8. The molecular formula is C86H161Na3O28S4. The largest absolute Gasteiger partial charge is 1.00 e. The van der Waals surface area contributed by atoms with Gasteiger partial charge in [-0.3, -0.25) is 42.2 Å². The zero-order valence-corrected chi connectivity index (χ0v) is 85.6. The Labute approximate surface area is 798 Å². The summed E-state index contributed by atoms with van der Waals surface area (Å²) in [5.74, 6) is -10.9. The van der Waals surface area contributed by atoms with Crippen LogP contribution in [0.3, 0.4) is 0 Å². The summed E-state index contributed by atoms with van der Waals surface area (Å²) in [6.45, 7) is 11.3. The van der Waals surface area contributed by atoms with Crippen LogP contribution in [-0.4, -0.2) is 154 Å². The molecule has 28 nitrogen and oxygen atoms in total. The van der Waals surface area contributed by atoms with Gasteiger partial charge in [-0.05, 0) is 32.1 Å². The molecule has 0 spiro atoms. The zero-order chi connectivity index (χ0) is 89.3. The molecule has 35 heteroatoms. The van der Waals surface area contributed by atoms with Crippen LogP contribution in [0.1, 0.15) is 446 Å². The van der Waals surface area contributed by atoms with Gasteiger partial charge in [-0.2, -0.15) is 33.7 Å². The Morgan fingerprint density at radius 1 is 0.207 bits per heavy atom. The normalized spacial score (nSPS) is 12.3. The summed E-state index contributed by atoms with van der Waals surface area (Å²) in [5.41, 5.74) is 0. The van der Waals surface area contributed by atoms with Crippen molar-refractivity contribution in [2.24, 2.45) is 0 Å². The molecule has 4 N–H and O–H groups in total. The Morgan fingerprint density at radius 3 is 0.446 bits per heavy atom. The third-order valence-electron chi connectivity index (χ3n) is 20.1. The number of carboxylic acid groups (broad SMARTS) is 3. The fourth-order valence-electron chi connectivity index (χ4n) is 12.9. The SMILES string of the molecule is CCCCCCCCCCCCCCCCCCOC(=O)C(CC(=O)[O-])S(=O)(=O)O.CCCCCCCCCCCCCCCCCCOC(=O)C(CC(=O)[O-])S(=O)(=O)O.CCCCCCCCCCCCCCCCCCOC(=O)C(CC(=O)[O-])S(=O)(=O)O.CCCCCCCCOC(=O)CC(C(=O)OCCCCCCCC)S(=O)(=O)O.[Na+].[Na+].[Na+]. The van der Waals surface area contributed by atoms with E-state index in [9.17, 15) is 91.9 Å². The van der Waals surface area contributed by atoms with Crippen LogP contribution in [0.5, 0.6) is 0 Å². The molecule has 0 aromatic carbocycles. The summed E-state index contributed by atoms with van der Waals surface area (Å²) in [5, 5.41) is 23.2. The van der Waals surface area contributed by atoms with Crippen LogP contribution < -0.4 is 104 Å². The van der Waals surface area contributed by atoms with E-state index in [2.05, 4.69) is 34.6 Å². The maximum Gasteiger partial charge on any atom is 1.00 e. The molecule has 0 aromatic heterocycles. The quantitative estimate of drug-likeness (QED) is 0.0147. The van der Waals surface area contributed by atoms with Crippen molar-refractivity contribution in [3.05, 3.63) is 0 Å². The van der Waals surface area contributed by atoms with E-state index in [1.165, 1.54) is 238 Å². The van der Waals surface area contributed by atoms with Crippen molar-refractivity contribution in [1.82, 2.24) is 0 Å². The summed E-state index contributed by atoms with van der Waals surface area (Å²) < 4.78 is 149. The molecule has 0 aliphatic rings. The predicted octanol–water partition coefficient (Wildman–Crippen LogP) is 8.01. The molecule has 0 aliphatic carbocycles. The first-order chi connectivity index (χ1) is 56.2. The minimum Gasteiger partial charge on any atom is -0.550 e. The number of ether oxygens (including phenoxy) is 5. The summed E-state index contributed by atoms with van der Waals surface area (Å²) in [7, 11) is -19.2. The number of esters is 5. The first-order valence-electron chi connectivity index (χ1n) is 45.5. The van der Waals surface area contributed by atoms with Gasteiger partial charge in [0, 0.05) is 37.2 Å². The maximum absolute atomic E-state index is 12.0. The number of aliphatic carboxylic acids is 3. The van der Waals surface area contributed by atoms with Crippen molar-refractivity contribution in [1.29, 1.82) is 0 Å². The average molecular weight is 1840 g/mol. The minimum atomic E-state index is -4.83. The van der Waals surface area contributed by atoms with Crippen molar-refractivity contribution >= 4 is 88.2 Å². The van der Waals surface area contributed by atoms with Crippen molar-refractivity contribution in [3.63, 3.8) is 0 Å². The van der Waals surface area contributed by atoms with Crippen LogP contribution in [0.25, 0.3) is 0 Å². The standard InChI is InChI=1S/3C22H42O7S.C20H38O7S.3Na/c3*1-2-3-4-5-6-7-8-9-10-11-12-13-14-15-16-17-18-29-22(25)20(19-21(23)24)30(26,27)28;1-3-5-7-9-11-13-15-26-19(21)17-18(28(23,24)25)20(22)27-16-14-12-10-8-6-4-2;;;/h3*20H,2-19H2,1H3,(H,23,24)(H,26,27,28);18H,3-17H2,1-2H3,(H,23,24,25);;;/q;;;;3*+1/p-3. The van der Waals surface area contributed by atoms with Gasteiger partial charge in [0.15, 0.2) is 21.0 Å². The van der Waals surface area contributed by atoms with Crippen molar-refractivity contribution in [3.8, 4) is 0 Å². The van der Waals surface area contributed by atoms with Gasteiger partial charge in [-0.1, -0.05) is 388 Å². The predicted molar refractivity (Wildman–Crippen MR) is 455 cm³/mol. The van der Waals surface area contributed by atoms with Gasteiger partial charge in [-0.15, -0.1) is 0 Å². The Bertz CT molecular complexity index is 2720. The summed E-state index contributed by atoms with van der Waals surface area (Å²) in [6, 6.07) is 0. The van der Waals surface area contributed by atoms with Gasteiger partial charge in [0.05, 0.1) is 39.5 Å². The van der Waals surface area contributed by atoms with Gasteiger partial charge in [0.25, 0.3) is 40.5 Å². The maximum atomic E-state index is 12.0. The molecule has 700 valence electrons. The smallest absolute Gasteiger partial charge is 0.550 e. The fraction of sp³-hybridized carbons (Fsp3) is 0.907. The molecule has 4 atom stereocenters. The van der Waals surface area contributed by atoms with Crippen molar-refractivity contribution in [2.45, 2.75) is 467 Å². The number of hydrogen-bond acceptors (Lipinski definition) is 24. The van der Waals surface area contributed by atoms with Gasteiger partial charge < -0.3 is 53.4 Å². The van der Waals surface area contributed by atoms with E-state index < -0.39 is 135 Å². The van der Waals surface area contributed by atoms with E-state index in [1.807, 2.05) is 0 Å². The van der Waals surface area contributed by atoms with E-state index in [4.69, 9.17) is 37.3 Å². The van der Waals surface area contributed by atoms with Crippen LogP contribution in [0.2, 0.25) is 0 Å². The van der Waals surface area contributed by atoms with Gasteiger partial charge in [-0.25, -0.2) is 0 Å². The van der Waals surface area contributed by atoms with Crippen molar-refractivity contribution in [2.75, 3.05) is 33.0 Å². The molecular weight excluding hydrogens is 1680 g/mol.